The molecule has 0 radical (unpaired) electrons. The highest BCUT2D eigenvalue weighted by atomic mass is 32.2. The summed E-state index contributed by atoms with van der Waals surface area (Å²) in [6, 6.07) is 0. The summed E-state index contributed by atoms with van der Waals surface area (Å²) in [6.45, 7) is -0.874. The SMILES string of the molecule is CC1(C(=O)N(CC(=O)O)CC(F)(F)F)CCCS1. The van der Waals surface area contributed by atoms with Crippen LogP contribution >= 0.6 is 11.8 Å². The lowest BCUT2D eigenvalue weighted by molar-refractivity contribution is -0.166. The number of carboxylic acid groups (broad SMARTS) is 1. The van der Waals surface area contributed by atoms with Gasteiger partial charge in [-0.15, -0.1) is 11.8 Å². The van der Waals surface area contributed by atoms with Crippen molar-refractivity contribution >= 4 is 23.6 Å². The minimum absolute atomic E-state index is 0.376. The van der Waals surface area contributed by atoms with Gasteiger partial charge in [0.15, 0.2) is 0 Å². The molecule has 0 spiro atoms. The number of carbonyl (C=O) groups excluding carboxylic acids is 1. The fourth-order valence-corrected chi connectivity index (χ4v) is 3.14. The van der Waals surface area contributed by atoms with Crippen LogP contribution in [0.5, 0.6) is 0 Å². The van der Waals surface area contributed by atoms with Crippen LogP contribution in [0.1, 0.15) is 19.8 Å². The second kappa shape index (κ2) is 5.38. The molecule has 0 saturated carbocycles. The number of carboxylic acids is 1. The van der Waals surface area contributed by atoms with Crippen LogP contribution in [0.25, 0.3) is 0 Å². The molecule has 0 bridgehead atoms. The number of carbonyl (C=O) groups is 2. The number of alkyl halides is 3. The van der Waals surface area contributed by atoms with Crippen molar-refractivity contribution in [1.82, 2.24) is 4.90 Å². The molecule has 1 heterocycles. The smallest absolute Gasteiger partial charge is 0.406 e. The molecular formula is C10H14F3NO3S. The molecule has 0 aromatic carbocycles. The average molecular weight is 285 g/mol. The highest BCUT2D eigenvalue weighted by Gasteiger charge is 2.43. The second-order valence-electron chi connectivity index (χ2n) is 4.35. The van der Waals surface area contributed by atoms with E-state index in [-0.39, 0.29) is 0 Å². The van der Waals surface area contributed by atoms with Gasteiger partial charge in [0.05, 0.1) is 4.75 Å². The third-order valence-electron chi connectivity index (χ3n) is 2.65. The van der Waals surface area contributed by atoms with Gasteiger partial charge >= 0.3 is 12.1 Å². The molecule has 104 valence electrons. The summed E-state index contributed by atoms with van der Waals surface area (Å²) in [5.41, 5.74) is 0. The van der Waals surface area contributed by atoms with Crippen LogP contribution < -0.4 is 0 Å². The van der Waals surface area contributed by atoms with E-state index in [1.165, 1.54) is 11.8 Å². The van der Waals surface area contributed by atoms with Crippen molar-refractivity contribution in [3.8, 4) is 0 Å². The summed E-state index contributed by atoms with van der Waals surface area (Å²) in [7, 11) is 0. The molecule has 18 heavy (non-hydrogen) atoms. The largest absolute Gasteiger partial charge is 0.480 e. The predicted octanol–water partition coefficient (Wildman–Crippen LogP) is 1.75. The fourth-order valence-electron chi connectivity index (χ4n) is 1.86. The lowest BCUT2D eigenvalue weighted by Gasteiger charge is -2.30. The van der Waals surface area contributed by atoms with E-state index in [4.69, 9.17) is 5.11 Å². The zero-order valence-electron chi connectivity index (χ0n) is 9.79. The second-order valence-corrected chi connectivity index (χ2v) is 5.95. The van der Waals surface area contributed by atoms with Gasteiger partial charge in [-0.05, 0) is 25.5 Å². The minimum atomic E-state index is -4.59. The van der Waals surface area contributed by atoms with Crippen LogP contribution in [-0.4, -0.2) is 51.6 Å². The maximum atomic E-state index is 12.3. The van der Waals surface area contributed by atoms with Gasteiger partial charge in [0.2, 0.25) is 5.91 Å². The van der Waals surface area contributed by atoms with Crippen LogP contribution in [0.2, 0.25) is 0 Å². The van der Waals surface area contributed by atoms with E-state index in [2.05, 4.69) is 0 Å². The van der Waals surface area contributed by atoms with Gasteiger partial charge in [-0.25, -0.2) is 0 Å². The summed E-state index contributed by atoms with van der Waals surface area (Å²) < 4.78 is 36.1. The zero-order valence-corrected chi connectivity index (χ0v) is 10.6. The summed E-state index contributed by atoms with van der Waals surface area (Å²) >= 11 is 1.28. The van der Waals surface area contributed by atoms with Gasteiger partial charge in [-0.3, -0.25) is 9.59 Å². The normalized spacial score (nSPS) is 24.0. The summed E-state index contributed by atoms with van der Waals surface area (Å²) in [5.74, 6) is -1.49. The van der Waals surface area contributed by atoms with Crippen molar-refractivity contribution in [2.24, 2.45) is 0 Å². The Balaban J connectivity index is 2.81. The number of thioether (sulfide) groups is 1. The summed E-state index contributed by atoms with van der Waals surface area (Å²) in [5, 5.41) is 8.59. The molecule has 0 aromatic heterocycles. The Morgan fingerprint density at radius 3 is 2.44 bits per heavy atom. The monoisotopic (exact) mass is 285 g/mol. The van der Waals surface area contributed by atoms with E-state index in [0.717, 1.165) is 6.42 Å². The van der Waals surface area contributed by atoms with E-state index in [1.807, 2.05) is 0 Å². The van der Waals surface area contributed by atoms with Crippen molar-refractivity contribution in [3.63, 3.8) is 0 Å². The first kappa shape index (κ1) is 15.1. The van der Waals surface area contributed by atoms with Crippen molar-refractivity contribution in [1.29, 1.82) is 0 Å². The molecule has 0 aliphatic carbocycles. The number of rotatable bonds is 4. The molecule has 0 aromatic rings. The number of hydrogen-bond acceptors (Lipinski definition) is 3. The molecular weight excluding hydrogens is 271 g/mol. The molecule has 4 nitrogen and oxygen atoms in total. The van der Waals surface area contributed by atoms with Crippen LogP contribution in [0.4, 0.5) is 13.2 Å². The van der Waals surface area contributed by atoms with Gasteiger partial charge in [-0.1, -0.05) is 0 Å². The first-order valence-electron chi connectivity index (χ1n) is 5.36. The maximum absolute atomic E-state index is 12.3. The van der Waals surface area contributed by atoms with Crippen LogP contribution in [0.3, 0.4) is 0 Å². The first-order chi connectivity index (χ1) is 8.14. The maximum Gasteiger partial charge on any atom is 0.406 e. The van der Waals surface area contributed by atoms with Crippen molar-refractivity contribution < 1.29 is 27.9 Å². The number of amides is 1. The van der Waals surface area contributed by atoms with Crippen molar-refractivity contribution in [2.45, 2.75) is 30.7 Å². The minimum Gasteiger partial charge on any atom is -0.480 e. The molecule has 8 heteroatoms. The van der Waals surface area contributed by atoms with Gasteiger partial charge < -0.3 is 10.0 Å². The third kappa shape index (κ3) is 4.08. The lowest BCUT2D eigenvalue weighted by Crippen LogP contribution is -2.49. The number of hydrogen-bond donors (Lipinski definition) is 1. The Morgan fingerprint density at radius 2 is 2.06 bits per heavy atom. The first-order valence-corrected chi connectivity index (χ1v) is 6.34. The van der Waals surface area contributed by atoms with Crippen LogP contribution in [0, 0.1) is 0 Å². The van der Waals surface area contributed by atoms with Gasteiger partial charge in [0, 0.05) is 0 Å². The molecule has 1 rings (SSSR count). The molecule has 1 aliphatic heterocycles. The van der Waals surface area contributed by atoms with Gasteiger partial charge in [-0.2, -0.15) is 13.2 Å². The highest BCUT2D eigenvalue weighted by Crippen LogP contribution is 2.39. The van der Waals surface area contributed by atoms with E-state index in [1.54, 1.807) is 6.92 Å². The highest BCUT2D eigenvalue weighted by molar-refractivity contribution is 8.01. The summed E-state index contributed by atoms with van der Waals surface area (Å²) in [6.07, 6.45) is -3.37. The van der Waals surface area contributed by atoms with Crippen molar-refractivity contribution in [3.05, 3.63) is 0 Å². The fraction of sp³-hybridized carbons (Fsp3) is 0.800. The number of aliphatic carboxylic acids is 1. The van der Waals surface area contributed by atoms with Crippen molar-refractivity contribution in [2.75, 3.05) is 18.8 Å². The number of nitrogens with zero attached hydrogens (tertiary/aromatic N) is 1. The molecule has 1 unspecified atom stereocenters. The van der Waals surface area contributed by atoms with E-state index in [0.29, 0.717) is 17.1 Å². The topological polar surface area (TPSA) is 57.6 Å². The Labute approximate surface area is 107 Å². The van der Waals surface area contributed by atoms with Crippen LogP contribution in [-0.2, 0) is 9.59 Å². The number of halogens is 3. The van der Waals surface area contributed by atoms with Crippen LogP contribution in [0.15, 0.2) is 0 Å². The Hall–Kier alpha value is -0.920. The predicted molar refractivity (Wildman–Crippen MR) is 60.4 cm³/mol. The third-order valence-corrected chi connectivity index (χ3v) is 4.16. The molecule has 1 fully saturated rings. The molecule has 1 N–H and O–H groups in total. The molecule has 1 saturated heterocycles. The average Bonchev–Trinajstić information content (AvgIpc) is 2.61. The Morgan fingerprint density at radius 1 is 1.44 bits per heavy atom. The molecule has 1 amide bonds. The van der Waals surface area contributed by atoms with E-state index >= 15 is 0 Å². The Kier molecular flexibility index (Phi) is 4.52. The van der Waals surface area contributed by atoms with Gasteiger partial charge in [0.1, 0.15) is 13.1 Å². The standard InChI is InChI=1S/C10H14F3NO3S/c1-9(3-2-4-18-9)8(17)14(5-7(15)16)6-10(11,12)13/h2-6H2,1H3,(H,15,16). The quantitative estimate of drug-likeness (QED) is 0.855. The lowest BCUT2D eigenvalue weighted by atomic mass is 10.0. The Bertz CT molecular complexity index is 340. The van der Waals surface area contributed by atoms with E-state index in [9.17, 15) is 22.8 Å². The zero-order chi connectivity index (χ0) is 14.0. The summed E-state index contributed by atoms with van der Waals surface area (Å²) in [4.78, 5) is 22.9. The molecule has 1 aliphatic rings. The van der Waals surface area contributed by atoms with E-state index < -0.39 is 35.9 Å². The molecule has 1 atom stereocenters. The van der Waals surface area contributed by atoms with Gasteiger partial charge in [0.25, 0.3) is 0 Å².